The van der Waals surface area contributed by atoms with Crippen LogP contribution in [0.15, 0.2) is 46.9 Å². The predicted octanol–water partition coefficient (Wildman–Crippen LogP) is 2.92. The molecule has 1 aromatic carbocycles. The van der Waals surface area contributed by atoms with E-state index in [1.54, 1.807) is 30.3 Å². The van der Waals surface area contributed by atoms with E-state index in [2.05, 4.69) is 4.74 Å². The molecular formula is C18H15NO6. The summed E-state index contributed by atoms with van der Waals surface area (Å²) in [5, 5.41) is 0. The van der Waals surface area contributed by atoms with Gasteiger partial charge in [0.25, 0.3) is 0 Å². The first-order valence-electron chi connectivity index (χ1n) is 7.53. The Labute approximate surface area is 143 Å². The number of rotatable bonds is 5. The lowest BCUT2D eigenvalue weighted by molar-refractivity contribution is 0.0564. The number of hydrogen-bond acceptors (Lipinski definition) is 6. The van der Waals surface area contributed by atoms with Crippen LogP contribution in [-0.4, -0.2) is 38.1 Å². The number of nitrogens with zero attached hydrogens (tertiary/aromatic N) is 1. The maximum Gasteiger partial charge on any atom is 0.414 e. The van der Waals surface area contributed by atoms with Crippen LogP contribution >= 0.6 is 0 Å². The van der Waals surface area contributed by atoms with Crippen molar-refractivity contribution in [2.45, 2.75) is 0 Å². The lowest BCUT2D eigenvalue weighted by Crippen LogP contribution is -2.23. The van der Waals surface area contributed by atoms with Crippen LogP contribution in [0, 0.1) is 0 Å². The van der Waals surface area contributed by atoms with E-state index in [0.29, 0.717) is 30.2 Å². The first-order valence-corrected chi connectivity index (χ1v) is 7.53. The van der Waals surface area contributed by atoms with Crippen molar-refractivity contribution in [2.24, 2.45) is 0 Å². The summed E-state index contributed by atoms with van der Waals surface area (Å²) in [5.74, 6) is -0.432. The molecule has 0 atom stereocenters. The number of amides is 1. The van der Waals surface area contributed by atoms with Crippen LogP contribution in [0.1, 0.15) is 26.7 Å². The molecule has 0 N–H and O–H groups in total. The Morgan fingerprint density at radius 3 is 2.80 bits per heavy atom. The van der Waals surface area contributed by atoms with Crippen LogP contribution in [0.4, 0.5) is 10.5 Å². The maximum atomic E-state index is 12.3. The quantitative estimate of drug-likeness (QED) is 0.472. The van der Waals surface area contributed by atoms with Crippen LogP contribution in [-0.2, 0) is 9.47 Å². The molecular weight excluding hydrogens is 326 g/mol. The van der Waals surface area contributed by atoms with Crippen LogP contribution in [0.2, 0.25) is 0 Å². The molecule has 2 aromatic rings. The lowest BCUT2D eigenvalue weighted by atomic mass is 10.1. The smallest absolute Gasteiger partial charge is 0.414 e. The van der Waals surface area contributed by atoms with Gasteiger partial charge in [-0.1, -0.05) is 12.1 Å². The number of hydrogen-bond donors (Lipinski definition) is 0. The number of ketones is 1. The molecule has 1 aliphatic heterocycles. The van der Waals surface area contributed by atoms with E-state index >= 15 is 0 Å². The van der Waals surface area contributed by atoms with E-state index in [1.807, 2.05) is 0 Å². The predicted molar refractivity (Wildman–Crippen MR) is 88.5 cm³/mol. The Morgan fingerprint density at radius 2 is 2.08 bits per heavy atom. The number of allylic oxidation sites excluding steroid dienone is 1. The van der Waals surface area contributed by atoms with E-state index in [9.17, 15) is 14.4 Å². The van der Waals surface area contributed by atoms with Gasteiger partial charge in [-0.25, -0.2) is 9.59 Å². The molecule has 1 fully saturated rings. The normalized spacial score (nSPS) is 14.0. The summed E-state index contributed by atoms with van der Waals surface area (Å²) in [5.41, 5.74) is 1.03. The summed E-state index contributed by atoms with van der Waals surface area (Å²) in [6.45, 7) is 0.785. The van der Waals surface area contributed by atoms with Crippen molar-refractivity contribution in [3.05, 3.63) is 59.6 Å². The minimum atomic E-state index is -0.587. The monoisotopic (exact) mass is 341 g/mol. The molecule has 2 heterocycles. The maximum absolute atomic E-state index is 12.3. The number of methoxy groups -OCH3 is 1. The van der Waals surface area contributed by atoms with Crippen molar-refractivity contribution in [3.63, 3.8) is 0 Å². The fraction of sp³-hybridized carbons (Fsp3) is 0.167. The zero-order chi connectivity index (χ0) is 17.8. The molecule has 0 aliphatic carbocycles. The highest BCUT2D eigenvalue weighted by atomic mass is 16.6. The van der Waals surface area contributed by atoms with Gasteiger partial charge in [0.1, 0.15) is 12.4 Å². The first-order chi connectivity index (χ1) is 12.1. The molecule has 1 saturated heterocycles. The van der Waals surface area contributed by atoms with Gasteiger partial charge in [0.2, 0.25) is 5.76 Å². The largest absolute Gasteiger partial charge is 0.463 e. The third-order valence-electron chi connectivity index (χ3n) is 3.62. The van der Waals surface area contributed by atoms with Crippen molar-refractivity contribution in [2.75, 3.05) is 25.2 Å². The van der Waals surface area contributed by atoms with E-state index in [1.165, 1.54) is 30.2 Å². The van der Waals surface area contributed by atoms with Gasteiger partial charge in [-0.15, -0.1) is 0 Å². The van der Waals surface area contributed by atoms with Gasteiger partial charge in [0, 0.05) is 11.3 Å². The second-order valence-corrected chi connectivity index (χ2v) is 5.21. The molecule has 0 unspecified atom stereocenters. The third-order valence-corrected chi connectivity index (χ3v) is 3.62. The van der Waals surface area contributed by atoms with Crippen LogP contribution in [0.3, 0.4) is 0 Å². The van der Waals surface area contributed by atoms with Gasteiger partial charge >= 0.3 is 12.1 Å². The molecule has 3 rings (SSSR count). The highest BCUT2D eigenvalue weighted by Crippen LogP contribution is 2.20. The Balaban J connectivity index is 1.74. The van der Waals surface area contributed by atoms with Crippen LogP contribution in [0.25, 0.3) is 6.08 Å². The van der Waals surface area contributed by atoms with Crippen molar-refractivity contribution in [1.29, 1.82) is 0 Å². The van der Waals surface area contributed by atoms with E-state index in [-0.39, 0.29) is 11.5 Å². The molecule has 1 amide bonds. The van der Waals surface area contributed by atoms with Crippen molar-refractivity contribution in [3.8, 4) is 0 Å². The van der Waals surface area contributed by atoms with Crippen LogP contribution in [0.5, 0.6) is 0 Å². The molecule has 1 aliphatic rings. The number of esters is 1. The van der Waals surface area contributed by atoms with Gasteiger partial charge in [0.15, 0.2) is 5.78 Å². The summed E-state index contributed by atoms with van der Waals surface area (Å²) < 4.78 is 14.7. The number of carbonyl (C=O) groups excluding carboxylic acids is 3. The Kier molecular flexibility index (Phi) is 4.65. The van der Waals surface area contributed by atoms with Crippen molar-refractivity contribution < 1.29 is 28.3 Å². The van der Waals surface area contributed by atoms with Crippen molar-refractivity contribution >= 4 is 29.6 Å². The second kappa shape index (κ2) is 7.04. The van der Waals surface area contributed by atoms with E-state index in [0.717, 1.165) is 0 Å². The number of cyclic esters (lactones) is 1. The minimum Gasteiger partial charge on any atom is -0.463 e. The average Bonchev–Trinajstić information content (AvgIpc) is 3.28. The highest BCUT2D eigenvalue weighted by molar-refractivity contribution is 6.07. The van der Waals surface area contributed by atoms with Gasteiger partial charge in [-0.05, 0) is 36.4 Å². The van der Waals surface area contributed by atoms with Gasteiger partial charge in [-0.2, -0.15) is 0 Å². The molecule has 0 spiro atoms. The number of benzene rings is 1. The summed E-state index contributed by atoms with van der Waals surface area (Å²) >= 11 is 0. The number of ether oxygens (including phenoxy) is 2. The van der Waals surface area contributed by atoms with Gasteiger partial charge < -0.3 is 13.9 Å². The third kappa shape index (κ3) is 3.60. The number of furan rings is 1. The fourth-order valence-corrected chi connectivity index (χ4v) is 2.36. The molecule has 0 saturated carbocycles. The molecule has 7 heteroatoms. The Morgan fingerprint density at radius 1 is 1.24 bits per heavy atom. The van der Waals surface area contributed by atoms with Gasteiger partial charge in [-0.3, -0.25) is 9.69 Å². The Hall–Kier alpha value is -3.35. The van der Waals surface area contributed by atoms with Crippen molar-refractivity contribution in [1.82, 2.24) is 0 Å². The molecule has 7 nitrogen and oxygen atoms in total. The topological polar surface area (TPSA) is 86.0 Å². The molecule has 128 valence electrons. The minimum absolute atomic E-state index is 0.0594. The standard InChI is InChI=1S/C18H15NO6/c1-23-17(21)16-8-6-14(25-16)5-7-15(20)12-3-2-4-13(11-12)19-9-10-24-18(19)22/h2-8,11H,9-10H2,1H3. The zero-order valence-electron chi connectivity index (χ0n) is 13.4. The molecule has 25 heavy (non-hydrogen) atoms. The summed E-state index contributed by atoms with van der Waals surface area (Å²) in [4.78, 5) is 36.7. The van der Waals surface area contributed by atoms with Crippen LogP contribution < -0.4 is 4.90 Å². The summed E-state index contributed by atoms with van der Waals surface area (Å²) in [6.07, 6.45) is 2.37. The molecule has 0 radical (unpaired) electrons. The van der Waals surface area contributed by atoms with E-state index < -0.39 is 12.1 Å². The second-order valence-electron chi connectivity index (χ2n) is 5.21. The first kappa shape index (κ1) is 16.5. The molecule has 1 aromatic heterocycles. The molecule has 0 bridgehead atoms. The summed E-state index contributed by atoms with van der Waals surface area (Å²) in [7, 11) is 1.26. The zero-order valence-corrected chi connectivity index (χ0v) is 13.4. The van der Waals surface area contributed by atoms with Gasteiger partial charge in [0.05, 0.1) is 13.7 Å². The number of carbonyl (C=O) groups is 3. The summed E-state index contributed by atoms with van der Waals surface area (Å²) in [6, 6.07) is 9.75. The lowest BCUT2D eigenvalue weighted by Gasteiger charge is -2.13. The average molecular weight is 341 g/mol. The fourth-order valence-electron chi connectivity index (χ4n) is 2.36. The van der Waals surface area contributed by atoms with E-state index in [4.69, 9.17) is 9.15 Å². The SMILES string of the molecule is COC(=O)c1ccc(C=CC(=O)c2cccc(N3CCOC3=O)c2)o1. The Bertz CT molecular complexity index is 851. The highest BCUT2D eigenvalue weighted by Gasteiger charge is 2.23. The number of anilines is 1.